The zero-order chi connectivity index (χ0) is 11.7. The van der Waals surface area contributed by atoms with Crippen molar-refractivity contribution in [1.29, 1.82) is 0 Å². The van der Waals surface area contributed by atoms with E-state index in [4.69, 9.17) is 5.11 Å². The highest BCUT2D eigenvalue weighted by Gasteiger charge is 1.96. The van der Waals surface area contributed by atoms with Crippen molar-refractivity contribution >= 4 is 11.9 Å². The van der Waals surface area contributed by atoms with Crippen LogP contribution in [0.3, 0.4) is 0 Å². The monoisotopic (exact) mass is 210 g/mol. The number of hydrogen-bond donors (Lipinski definition) is 1. The fourth-order valence-corrected chi connectivity index (χ4v) is 0.784. The second kappa shape index (κ2) is 7.55. The van der Waals surface area contributed by atoms with E-state index in [-0.39, 0.29) is 5.97 Å². The average Bonchev–Trinajstić information content (AvgIpc) is 2.20. The Morgan fingerprint density at radius 1 is 1.27 bits per heavy atom. The van der Waals surface area contributed by atoms with E-state index in [9.17, 15) is 9.59 Å². The highest BCUT2D eigenvalue weighted by atomic mass is 16.5. The number of carbonyl (C=O) groups is 2. The van der Waals surface area contributed by atoms with E-state index in [0.717, 1.165) is 0 Å². The number of ether oxygens (including phenoxy) is 1. The number of benzene rings is 1. The second-order valence-corrected chi connectivity index (χ2v) is 2.60. The summed E-state index contributed by atoms with van der Waals surface area (Å²) in [7, 11) is 0. The number of carbonyl (C=O) groups excluding carboxylic acids is 1. The first-order valence-corrected chi connectivity index (χ1v) is 4.49. The fraction of sp³-hybridized carbons (Fsp3) is 0.273. The Morgan fingerprint density at radius 2 is 1.80 bits per heavy atom. The van der Waals surface area contributed by atoms with Crippen LogP contribution in [0.2, 0.25) is 0 Å². The molecule has 1 N–H and O–H groups in total. The lowest BCUT2D eigenvalue weighted by Crippen LogP contribution is -1.95. The number of carboxylic acid groups (broad SMARTS) is 1. The Bertz CT molecular complexity index is 306. The predicted molar refractivity (Wildman–Crippen MR) is 55.7 cm³/mol. The van der Waals surface area contributed by atoms with E-state index in [1.165, 1.54) is 6.92 Å². The third-order valence-electron chi connectivity index (χ3n) is 1.37. The SMILES string of the molecule is CCOC(C)=O.O=C(O)c1ccccc1. The van der Waals surface area contributed by atoms with Crippen molar-refractivity contribution in [2.24, 2.45) is 0 Å². The molecule has 0 aliphatic carbocycles. The lowest BCUT2D eigenvalue weighted by Gasteiger charge is -1.89. The van der Waals surface area contributed by atoms with Crippen LogP contribution in [-0.4, -0.2) is 23.7 Å². The van der Waals surface area contributed by atoms with Gasteiger partial charge in [-0.3, -0.25) is 4.79 Å². The molecule has 0 saturated heterocycles. The van der Waals surface area contributed by atoms with Gasteiger partial charge in [-0.2, -0.15) is 0 Å². The zero-order valence-corrected chi connectivity index (χ0v) is 8.77. The van der Waals surface area contributed by atoms with Gasteiger partial charge in [-0.15, -0.1) is 0 Å². The van der Waals surface area contributed by atoms with E-state index in [1.807, 2.05) is 0 Å². The first-order valence-electron chi connectivity index (χ1n) is 4.49. The van der Waals surface area contributed by atoms with Crippen molar-refractivity contribution in [2.75, 3.05) is 6.61 Å². The van der Waals surface area contributed by atoms with Crippen LogP contribution in [-0.2, 0) is 9.53 Å². The lowest BCUT2D eigenvalue weighted by atomic mass is 10.2. The van der Waals surface area contributed by atoms with Gasteiger partial charge in [0.25, 0.3) is 0 Å². The van der Waals surface area contributed by atoms with Crippen LogP contribution in [0.1, 0.15) is 24.2 Å². The Labute approximate surface area is 88.5 Å². The molecule has 82 valence electrons. The molecule has 4 heteroatoms. The molecule has 1 rings (SSSR count). The fourth-order valence-electron chi connectivity index (χ4n) is 0.784. The van der Waals surface area contributed by atoms with E-state index in [1.54, 1.807) is 37.3 Å². The van der Waals surface area contributed by atoms with Gasteiger partial charge in [0.1, 0.15) is 0 Å². The lowest BCUT2D eigenvalue weighted by molar-refractivity contribution is -0.140. The summed E-state index contributed by atoms with van der Waals surface area (Å²) in [5, 5.41) is 8.38. The number of carboxylic acids is 1. The summed E-state index contributed by atoms with van der Waals surface area (Å²) in [5.74, 6) is -1.09. The van der Waals surface area contributed by atoms with Crippen LogP contribution in [0.4, 0.5) is 0 Å². The van der Waals surface area contributed by atoms with Gasteiger partial charge in [-0.25, -0.2) is 4.79 Å². The van der Waals surface area contributed by atoms with E-state index in [2.05, 4.69) is 4.74 Å². The molecule has 4 nitrogen and oxygen atoms in total. The van der Waals surface area contributed by atoms with E-state index in [0.29, 0.717) is 12.2 Å². The normalized spacial score (nSPS) is 8.40. The zero-order valence-electron chi connectivity index (χ0n) is 8.77. The Hall–Kier alpha value is -1.84. The summed E-state index contributed by atoms with van der Waals surface area (Å²) in [5.41, 5.74) is 0.331. The van der Waals surface area contributed by atoms with Crippen LogP contribution in [0.5, 0.6) is 0 Å². The Balaban J connectivity index is 0.000000288. The van der Waals surface area contributed by atoms with Crippen molar-refractivity contribution in [3.05, 3.63) is 35.9 Å². The minimum atomic E-state index is -0.879. The van der Waals surface area contributed by atoms with E-state index < -0.39 is 5.97 Å². The second-order valence-electron chi connectivity index (χ2n) is 2.60. The minimum absolute atomic E-state index is 0.211. The van der Waals surface area contributed by atoms with Gasteiger partial charge in [0.15, 0.2) is 0 Å². The molecule has 0 spiro atoms. The summed E-state index contributed by atoms with van der Waals surface area (Å²) < 4.78 is 4.40. The third kappa shape index (κ3) is 7.25. The van der Waals surface area contributed by atoms with Gasteiger partial charge in [-0.1, -0.05) is 18.2 Å². The molecule has 0 aliphatic heterocycles. The first-order chi connectivity index (χ1) is 7.07. The maximum Gasteiger partial charge on any atom is 0.335 e. The van der Waals surface area contributed by atoms with Crippen molar-refractivity contribution in [3.63, 3.8) is 0 Å². The molecule has 1 aromatic rings. The van der Waals surface area contributed by atoms with E-state index >= 15 is 0 Å². The molecule has 0 heterocycles. The van der Waals surface area contributed by atoms with Crippen molar-refractivity contribution in [2.45, 2.75) is 13.8 Å². The molecule has 1 aromatic carbocycles. The average molecular weight is 210 g/mol. The van der Waals surface area contributed by atoms with Crippen LogP contribution in [0, 0.1) is 0 Å². The van der Waals surface area contributed by atoms with Crippen LogP contribution < -0.4 is 0 Å². The summed E-state index contributed by atoms with van der Waals surface area (Å²) >= 11 is 0. The summed E-state index contributed by atoms with van der Waals surface area (Å²) in [6.07, 6.45) is 0. The van der Waals surface area contributed by atoms with Crippen molar-refractivity contribution in [3.8, 4) is 0 Å². The molecule has 0 bridgehead atoms. The smallest absolute Gasteiger partial charge is 0.335 e. The highest BCUT2D eigenvalue weighted by Crippen LogP contribution is 1.96. The van der Waals surface area contributed by atoms with Gasteiger partial charge in [-0.05, 0) is 19.1 Å². The molecule has 0 radical (unpaired) electrons. The quantitative estimate of drug-likeness (QED) is 0.758. The van der Waals surface area contributed by atoms with Crippen LogP contribution in [0.25, 0.3) is 0 Å². The molecule has 0 amide bonds. The van der Waals surface area contributed by atoms with Gasteiger partial charge in [0.05, 0.1) is 12.2 Å². The predicted octanol–water partition coefficient (Wildman–Crippen LogP) is 1.95. The van der Waals surface area contributed by atoms with Crippen LogP contribution >= 0.6 is 0 Å². The van der Waals surface area contributed by atoms with Crippen molar-refractivity contribution < 1.29 is 19.4 Å². The highest BCUT2D eigenvalue weighted by molar-refractivity contribution is 5.87. The molecule has 15 heavy (non-hydrogen) atoms. The number of hydrogen-bond acceptors (Lipinski definition) is 3. The maximum absolute atomic E-state index is 10.2. The third-order valence-corrected chi connectivity index (χ3v) is 1.37. The topological polar surface area (TPSA) is 63.6 Å². The summed E-state index contributed by atoms with van der Waals surface area (Å²) in [6.45, 7) is 3.65. The molecule has 0 atom stereocenters. The van der Waals surface area contributed by atoms with Crippen molar-refractivity contribution in [1.82, 2.24) is 0 Å². The van der Waals surface area contributed by atoms with Crippen LogP contribution in [0.15, 0.2) is 30.3 Å². The summed E-state index contributed by atoms with van der Waals surface area (Å²) in [4.78, 5) is 20.0. The number of aromatic carboxylic acids is 1. The van der Waals surface area contributed by atoms with Gasteiger partial charge in [0.2, 0.25) is 0 Å². The molecule has 0 unspecified atom stereocenters. The molecular weight excluding hydrogens is 196 g/mol. The summed E-state index contributed by atoms with van der Waals surface area (Å²) in [6, 6.07) is 8.30. The molecule has 0 fully saturated rings. The minimum Gasteiger partial charge on any atom is -0.478 e. The Kier molecular flexibility index (Phi) is 6.63. The molecular formula is C11H14O4. The molecule has 0 aliphatic rings. The first kappa shape index (κ1) is 13.2. The van der Waals surface area contributed by atoms with Gasteiger partial charge < -0.3 is 9.84 Å². The Morgan fingerprint density at radius 3 is 2.00 bits per heavy atom. The van der Waals surface area contributed by atoms with Gasteiger partial charge >= 0.3 is 11.9 Å². The maximum atomic E-state index is 10.2. The number of esters is 1. The molecule has 0 saturated carbocycles. The van der Waals surface area contributed by atoms with Gasteiger partial charge in [0, 0.05) is 6.92 Å². The number of rotatable bonds is 2. The standard InChI is InChI=1S/C7H6O2.C4H8O2/c8-7(9)6-4-2-1-3-5-6;1-3-6-4(2)5/h1-5H,(H,8,9);3H2,1-2H3. The molecule has 0 aromatic heterocycles. The largest absolute Gasteiger partial charge is 0.478 e.